The molecule has 0 aliphatic carbocycles. The SMILES string of the molecule is [Si][C]c1ccco1. The lowest BCUT2D eigenvalue weighted by atomic mass is 10.5. The normalized spacial score (nSPS) is 9.29. The molecule has 0 spiro atoms. The molecule has 0 atom stereocenters. The molecule has 0 aromatic carbocycles. The van der Waals surface area contributed by atoms with Crippen LogP contribution in [0.2, 0.25) is 0 Å². The van der Waals surface area contributed by atoms with Gasteiger partial charge >= 0.3 is 0 Å². The molecule has 0 fully saturated rings. The summed E-state index contributed by atoms with van der Waals surface area (Å²) in [5.41, 5.74) is 0. The Labute approximate surface area is 45.8 Å². The van der Waals surface area contributed by atoms with Gasteiger partial charge in [-0.1, -0.05) is 0 Å². The monoisotopic (exact) mass is 107 g/mol. The molecule has 0 bridgehead atoms. The molecule has 0 unspecified atom stereocenters. The molecule has 1 nitrogen and oxygen atoms in total. The molecule has 7 heavy (non-hydrogen) atoms. The van der Waals surface area contributed by atoms with Gasteiger partial charge in [0.25, 0.3) is 0 Å². The summed E-state index contributed by atoms with van der Waals surface area (Å²) in [5.74, 6) is 0.719. The van der Waals surface area contributed by atoms with Gasteiger partial charge in [0.05, 0.1) is 6.26 Å². The van der Waals surface area contributed by atoms with Gasteiger partial charge in [-0.15, -0.1) is 0 Å². The van der Waals surface area contributed by atoms with Gasteiger partial charge in [0.2, 0.25) is 0 Å². The van der Waals surface area contributed by atoms with E-state index in [-0.39, 0.29) is 0 Å². The van der Waals surface area contributed by atoms with Crippen LogP contribution in [0, 0.1) is 6.04 Å². The van der Waals surface area contributed by atoms with Crippen LogP contribution in [0.25, 0.3) is 0 Å². The highest BCUT2D eigenvalue weighted by molar-refractivity contribution is 6.16. The predicted octanol–water partition coefficient (Wildman–Crippen LogP) is 0.835. The van der Waals surface area contributed by atoms with Crippen LogP contribution in [-0.4, -0.2) is 10.2 Å². The highest BCUT2D eigenvalue weighted by atomic mass is 28.1. The average molecular weight is 107 g/mol. The van der Waals surface area contributed by atoms with Crippen molar-refractivity contribution >= 4 is 10.2 Å². The molecule has 2 heteroatoms. The lowest BCUT2D eigenvalue weighted by Crippen LogP contribution is -1.69. The highest BCUT2D eigenvalue weighted by Gasteiger charge is 1.85. The van der Waals surface area contributed by atoms with Crippen molar-refractivity contribution in [3.8, 4) is 0 Å². The average Bonchev–Trinajstić information content (AvgIpc) is 2.14. The van der Waals surface area contributed by atoms with Gasteiger partial charge in [0.1, 0.15) is 5.76 Å². The smallest absolute Gasteiger partial charge is 0.107 e. The molecule has 1 heterocycles. The van der Waals surface area contributed by atoms with E-state index in [9.17, 15) is 0 Å². The molecule has 5 radical (unpaired) electrons. The van der Waals surface area contributed by atoms with Gasteiger partial charge in [-0.2, -0.15) is 0 Å². The third kappa shape index (κ3) is 0.931. The minimum atomic E-state index is 0.719. The summed E-state index contributed by atoms with van der Waals surface area (Å²) in [6.07, 6.45) is 1.60. The van der Waals surface area contributed by atoms with E-state index in [1.807, 2.05) is 12.1 Å². The molecule has 1 aromatic rings. The minimum absolute atomic E-state index is 0.719. The van der Waals surface area contributed by atoms with Gasteiger partial charge in [0, 0.05) is 16.3 Å². The molecule has 1 aromatic heterocycles. The lowest BCUT2D eigenvalue weighted by Gasteiger charge is -1.77. The van der Waals surface area contributed by atoms with Gasteiger partial charge in [-0.05, 0) is 12.1 Å². The zero-order valence-electron chi connectivity index (χ0n) is 3.64. The summed E-state index contributed by atoms with van der Waals surface area (Å²) in [7, 11) is 3.04. The second kappa shape index (κ2) is 1.98. The van der Waals surface area contributed by atoms with Crippen molar-refractivity contribution in [2.45, 2.75) is 0 Å². The Morgan fingerprint density at radius 2 is 2.57 bits per heavy atom. The van der Waals surface area contributed by atoms with Crippen molar-refractivity contribution in [2.24, 2.45) is 0 Å². The van der Waals surface area contributed by atoms with Gasteiger partial charge in [-0.25, -0.2) is 0 Å². The summed E-state index contributed by atoms with van der Waals surface area (Å²) >= 11 is 0. The van der Waals surface area contributed by atoms with Crippen LogP contribution < -0.4 is 0 Å². The van der Waals surface area contributed by atoms with E-state index in [4.69, 9.17) is 4.42 Å². The second-order valence-electron chi connectivity index (χ2n) is 1.10. The number of rotatable bonds is 1. The van der Waals surface area contributed by atoms with Gasteiger partial charge in [-0.3, -0.25) is 0 Å². The highest BCUT2D eigenvalue weighted by Crippen LogP contribution is 1.98. The van der Waals surface area contributed by atoms with Crippen LogP contribution in [0.5, 0.6) is 0 Å². The first-order chi connectivity index (χ1) is 3.43. The number of hydrogen-bond donors (Lipinski definition) is 0. The zero-order chi connectivity index (χ0) is 5.11. The van der Waals surface area contributed by atoms with Crippen LogP contribution in [0.1, 0.15) is 5.76 Å². The van der Waals surface area contributed by atoms with Crippen LogP contribution in [0.15, 0.2) is 22.8 Å². The van der Waals surface area contributed by atoms with E-state index < -0.39 is 0 Å². The van der Waals surface area contributed by atoms with Crippen molar-refractivity contribution in [1.82, 2.24) is 0 Å². The molecule has 0 saturated heterocycles. The first kappa shape index (κ1) is 4.65. The molecular formula is C5H3OSi. The first-order valence-corrected chi connectivity index (χ1v) is 2.40. The fraction of sp³-hybridized carbons (Fsp3) is 0. The third-order valence-electron chi connectivity index (χ3n) is 0.644. The molecule has 0 N–H and O–H groups in total. The Morgan fingerprint density at radius 1 is 1.71 bits per heavy atom. The molecule has 0 aliphatic rings. The molecule has 0 aliphatic heterocycles. The van der Waals surface area contributed by atoms with Crippen molar-refractivity contribution in [1.29, 1.82) is 0 Å². The Kier molecular flexibility index (Phi) is 1.31. The fourth-order valence-corrected chi connectivity index (χ4v) is 0.492. The summed E-state index contributed by atoms with van der Waals surface area (Å²) < 4.78 is 4.82. The van der Waals surface area contributed by atoms with E-state index in [0.717, 1.165) is 5.76 Å². The predicted molar refractivity (Wildman–Crippen MR) is 26.8 cm³/mol. The Morgan fingerprint density at radius 3 is 2.86 bits per heavy atom. The van der Waals surface area contributed by atoms with E-state index in [2.05, 4.69) is 16.3 Å². The molecule has 0 saturated carbocycles. The van der Waals surface area contributed by atoms with Crippen molar-refractivity contribution in [3.05, 3.63) is 30.2 Å². The van der Waals surface area contributed by atoms with E-state index in [1.54, 1.807) is 6.26 Å². The van der Waals surface area contributed by atoms with E-state index >= 15 is 0 Å². The molecule has 1 rings (SSSR count). The standard InChI is InChI=1S/C5H3OSi/c7-4-5-2-1-3-6-5/h1-3H. The van der Waals surface area contributed by atoms with Crippen LogP contribution in [0.4, 0.5) is 0 Å². The maximum Gasteiger partial charge on any atom is 0.107 e. The Hall–Kier alpha value is -0.503. The maximum absolute atomic E-state index is 4.82. The van der Waals surface area contributed by atoms with Gasteiger partial charge in [0.15, 0.2) is 0 Å². The molecule has 0 amide bonds. The third-order valence-corrected chi connectivity index (χ3v) is 0.891. The van der Waals surface area contributed by atoms with E-state index in [1.165, 1.54) is 0 Å². The lowest BCUT2D eigenvalue weighted by molar-refractivity contribution is 0.546. The Bertz CT molecular complexity index is 123. The number of furan rings is 1. The van der Waals surface area contributed by atoms with E-state index in [0.29, 0.717) is 0 Å². The van der Waals surface area contributed by atoms with Crippen LogP contribution in [-0.2, 0) is 0 Å². The minimum Gasteiger partial charge on any atom is -0.469 e. The van der Waals surface area contributed by atoms with Gasteiger partial charge < -0.3 is 4.42 Å². The van der Waals surface area contributed by atoms with Crippen LogP contribution in [0.3, 0.4) is 0 Å². The summed E-state index contributed by atoms with van der Waals surface area (Å²) in [6.45, 7) is 0. The topological polar surface area (TPSA) is 13.1 Å². The van der Waals surface area contributed by atoms with Crippen molar-refractivity contribution in [2.75, 3.05) is 0 Å². The summed E-state index contributed by atoms with van der Waals surface area (Å²) in [5, 5.41) is 0. The zero-order valence-corrected chi connectivity index (χ0v) is 4.64. The second-order valence-corrected chi connectivity index (χ2v) is 1.35. The quantitative estimate of drug-likeness (QED) is 0.484. The summed E-state index contributed by atoms with van der Waals surface area (Å²) in [4.78, 5) is 0. The Balaban J connectivity index is 2.76. The van der Waals surface area contributed by atoms with Crippen LogP contribution >= 0.6 is 0 Å². The fourth-order valence-electron chi connectivity index (χ4n) is 0.350. The molecular weight excluding hydrogens is 104 g/mol. The van der Waals surface area contributed by atoms with Crippen molar-refractivity contribution < 1.29 is 4.42 Å². The maximum atomic E-state index is 4.82. The van der Waals surface area contributed by atoms with Crippen molar-refractivity contribution in [3.63, 3.8) is 0 Å². The molecule has 33 valence electrons. The largest absolute Gasteiger partial charge is 0.469 e. The number of hydrogen-bond acceptors (Lipinski definition) is 1. The first-order valence-electron chi connectivity index (χ1n) is 1.90. The summed E-state index contributed by atoms with van der Waals surface area (Å²) in [6, 6.07) is 6.27.